The number of carbonyl (C=O) groups excluding carboxylic acids is 2. The average molecular weight is 258 g/mol. The topological polar surface area (TPSA) is 58.2 Å². The van der Waals surface area contributed by atoms with Crippen LogP contribution in [0.2, 0.25) is 0 Å². The summed E-state index contributed by atoms with van der Waals surface area (Å²) in [6, 6.07) is 7.53. The van der Waals surface area contributed by atoms with Gasteiger partial charge in [-0.05, 0) is 37.8 Å². The number of benzene rings is 1. The molecule has 0 unspecified atom stereocenters. The van der Waals surface area contributed by atoms with E-state index in [9.17, 15) is 9.59 Å². The molecule has 0 radical (unpaired) electrons. The first-order valence-electron chi connectivity index (χ1n) is 6.95. The van der Waals surface area contributed by atoms with E-state index >= 15 is 0 Å². The third-order valence-corrected chi connectivity index (χ3v) is 3.82. The largest absolute Gasteiger partial charge is 0.349 e. The number of para-hydroxylation sites is 1. The van der Waals surface area contributed by atoms with Crippen molar-refractivity contribution in [2.24, 2.45) is 5.92 Å². The minimum atomic E-state index is -0.0907. The second-order valence-corrected chi connectivity index (χ2v) is 5.41. The minimum absolute atomic E-state index is 0.0397. The van der Waals surface area contributed by atoms with Crippen LogP contribution in [0.3, 0.4) is 0 Å². The Kier molecular flexibility index (Phi) is 3.23. The third kappa shape index (κ3) is 2.78. The normalized spacial score (nSPS) is 18.5. The summed E-state index contributed by atoms with van der Waals surface area (Å²) in [7, 11) is 0. The van der Waals surface area contributed by atoms with Crippen LogP contribution in [-0.2, 0) is 4.79 Å². The van der Waals surface area contributed by atoms with Crippen molar-refractivity contribution in [3.63, 3.8) is 0 Å². The summed E-state index contributed by atoms with van der Waals surface area (Å²) in [5, 5.41) is 5.84. The average Bonchev–Trinajstić information content (AvgIpc) is 3.11. The Morgan fingerprint density at radius 1 is 1.05 bits per heavy atom. The Bertz CT molecular complexity index is 505. The number of hydrogen-bond acceptors (Lipinski definition) is 2. The SMILES string of the molecule is O=C(NC1CC1)c1ccccc1NC(=O)C1CCC1. The fourth-order valence-corrected chi connectivity index (χ4v) is 2.19. The zero-order valence-electron chi connectivity index (χ0n) is 10.8. The van der Waals surface area contributed by atoms with Gasteiger partial charge in [0.1, 0.15) is 0 Å². The van der Waals surface area contributed by atoms with E-state index in [4.69, 9.17) is 0 Å². The molecule has 0 atom stereocenters. The molecule has 1 aromatic carbocycles. The molecule has 2 fully saturated rings. The molecule has 19 heavy (non-hydrogen) atoms. The predicted molar refractivity (Wildman–Crippen MR) is 72.9 cm³/mol. The first-order valence-corrected chi connectivity index (χ1v) is 6.95. The number of rotatable bonds is 4. The molecule has 3 rings (SSSR count). The standard InChI is InChI=1S/C15H18N2O2/c18-14(10-4-3-5-10)17-13-7-2-1-6-12(13)15(19)16-11-8-9-11/h1-2,6-7,10-11H,3-5,8-9H2,(H,16,19)(H,17,18). The molecule has 0 aliphatic heterocycles. The molecule has 2 N–H and O–H groups in total. The summed E-state index contributed by atoms with van der Waals surface area (Å²) in [5.74, 6) is 0.0736. The maximum absolute atomic E-state index is 12.1. The quantitative estimate of drug-likeness (QED) is 0.870. The second-order valence-electron chi connectivity index (χ2n) is 5.41. The highest BCUT2D eigenvalue weighted by Crippen LogP contribution is 2.28. The van der Waals surface area contributed by atoms with Gasteiger partial charge in [-0.25, -0.2) is 0 Å². The molecule has 0 heterocycles. The van der Waals surface area contributed by atoms with Gasteiger partial charge in [-0.15, -0.1) is 0 Å². The van der Waals surface area contributed by atoms with E-state index in [0.29, 0.717) is 17.3 Å². The lowest BCUT2D eigenvalue weighted by molar-refractivity contribution is -0.122. The van der Waals surface area contributed by atoms with Crippen LogP contribution in [0.15, 0.2) is 24.3 Å². The monoisotopic (exact) mass is 258 g/mol. The molecule has 2 aliphatic carbocycles. The van der Waals surface area contributed by atoms with Crippen LogP contribution >= 0.6 is 0 Å². The van der Waals surface area contributed by atoms with Gasteiger partial charge in [0, 0.05) is 12.0 Å². The molecule has 2 amide bonds. The van der Waals surface area contributed by atoms with E-state index in [2.05, 4.69) is 10.6 Å². The van der Waals surface area contributed by atoms with E-state index in [-0.39, 0.29) is 17.7 Å². The van der Waals surface area contributed by atoms with Crippen molar-refractivity contribution in [2.45, 2.75) is 38.1 Å². The predicted octanol–water partition coefficient (Wildman–Crippen LogP) is 2.32. The molecule has 0 saturated heterocycles. The van der Waals surface area contributed by atoms with E-state index in [0.717, 1.165) is 32.1 Å². The number of hydrogen-bond donors (Lipinski definition) is 2. The number of carbonyl (C=O) groups is 2. The van der Waals surface area contributed by atoms with Gasteiger partial charge in [0.15, 0.2) is 0 Å². The highest BCUT2D eigenvalue weighted by atomic mass is 16.2. The van der Waals surface area contributed by atoms with Crippen LogP contribution in [0.5, 0.6) is 0 Å². The second kappa shape index (κ2) is 5.03. The summed E-state index contributed by atoms with van der Waals surface area (Å²) in [4.78, 5) is 24.0. The Balaban J connectivity index is 1.72. The molecule has 2 aliphatic rings. The van der Waals surface area contributed by atoms with Crippen LogP contribution in [-0.4, -0.2) is 17.9 Å². The zero-order valence-corrected chi connectivity index (χ0v) is 10.8. The van der Waals surface area contributed by atoms with Crippen molar-refractivity contribution in [3.05, 3.63) is 29.8 Å². The number of nitrogens with one attached hydrogen (secondary N) is 2. The van der Waals surface area contributed by atoms with Gasteiger partial charge in [-0.3, -0.25) is 9.59 Å². The highest BCUT2D eigenvalue weighted by molar-refractivity contribution is 6.04. The molecule has 4 nitrogen and oxygen atoms in total. The summed E-state index contributed by atoms with van der Waals surface area (Å²) in [6.45, 7) is 0. The first kappa shape index (κ1) is 12.2. The molecule has 4 heteroatoms. The van der Waals surface area contributed by atoms with Crippen LogP contribution in [0.4, 0.5) is 5.69 Å². The van der Waals surface area contributed by atoms with Crippen molar-refractivity contribution in [1.29, 1.82) is 0 Å². The van der Waals surface area contributed by atoms with Crippen molar-refractivity contribution < 1.29 is 9.59 Å². The fraction of sp³-hybridized carbons (Fsp3) is 0.467. The molecule has 0 spiro atoms. The summed E-state index contributed by atoms with van der Waals surface area (Å²) >= 11 is 0. The fourth-order valence-electron chi connectivity index (χ4n) is 2.19. The van der Waals surface area contributed by atoms with Crippen molar-refractivity contribution >= 4 is 17.5 Å². The minimum Gasteiger partial charge on any atom is -0.349 e. The maximum Gasteiger partial charge on any atom is 0.253 e. The molecular weight excluding hydrogens is 240 g/mol. The summed E-state index contributed by atoms with van der Waals surface area (Å²) < 4.78 is 0. The lowest BCUT2D eigenvalue weighted by atomic mass is 9.85. The van der Waals surface area contributed by atoms with Gasteiger partial charge in [-0.2, -0.15) is 0 Å². The molecule has 0 aromatic heterocycles. The third-order valence-electron chi connectivity index (χ3n) is 3.82. The smallest absolute Gasteiger partial charge is 0.253 e. The molecule has 1 aromatic rings. The lowest BCUT2D eigenvalue weighted by Gasteiger charge is -2.24. The zero-order chi connectivity index (χ0) is 13.2. The molecular formula is C15H18N2O2. The Hall–Kier alpha value is -1.84. The molecule has 0 bridgehead atoms. The van der Waals surface area contributed by atoms with Gasteiger partial charge in [0.05, 0.1) is 11.3 Å². The number of anilines is 1. The summed E-state index contributed by atoms with van der Waals surface area (Å²) in [6.07, 6.45) is 5.16. The van der Waals surface area contributed by atoms with Crippen molar-refractivity contribution in [3.8, 4) is 0 Å². The van der Waals surface area contributed by atoms with Crippen LogP contribution in [0.1, 0.15) is 42.5 Å². The Labute approximate surface area is 112 Å². The van der Waals surface area contributed by atoms with E-state index in [1.165, 1.54) is 0 Å². The van der Waals surface area contributed by atoms with Gasteiger partial charge >= 0.3 is 0 Å². The van der Waals surface area contributed by atoms with Crippen LogP contribution < -0.4 is 10.6 Å². The van der Waals surface area contributed by atoms with E-state index < -0.39 is 0 Å². The van der Waals surface area contributed by atoms with Gasteiger partial charge < -0.3 is 10.6 Å². The van der Waals surface area contributed by atoms with Gasteiger partial charge in [0.2, 0.25) is 5.91 Å². The Morgan fingerprint density at radius 3 is 2.42 bits per heavy atom. The highest BCUT2D eigenvalue weighted by Gasteiger charge is 2.27. The molecule has 2 saturated carbocycles. The number of amides is 2. The van der Waals surface area contributed by atoms with Crippen molar-refractivity contribution in [1.82, 2.24) is 5.32 Å². The van der Waals surface area contributed by atoms with Gasteiger partial charge in [-0.1, -0.05) is 18.6 Å². The summed E-state index contributed by atoms with van der Waals surface area (Å²) in [5.41, 5.74) is 1.18. The van der Waals surface area contributed by atoms with Crippen LogP contribution in [0, 0.1) is 5.92 Å². The van der Waals surface area contributed by atoms with E-state index in [1.807, 2.05) is 12.1 Å². The van der Waals surface area contributed by atoms with Gasteiger partial charge in [0.25, 0.3) is 5.91 Å². The van der Waals surface area contributed by atoms with Crippen LogP contribution in [0.25, 0.3) is 0 Å². The van der Waals surface area contributed by atoms with Crippen molar-refractivity contribution in [2.75, 3.05) is 5.32 Å². The first-order chi connectivity index (χ1) is 9.24. The van der Waals surface area contributed by atoms with E-state index in [1.54, 1.807) is 12.1 Å². The maximum atomic E-state index is 12.1. The molecule has 100 valence electrons. The lowest BCUT2D eigenvalue weighted by Crippen LogP contribution is -2.30. The Morgan fingerprint density at radius 2 is 1.79 bits per heavy atom.